The lowest BCUT2D eigenvalue weighted by atomic mass is 9.81. The highest BCUT2D eigenvalue weighted by atomic mass is 35.5. The average molecular weight is 302 g/mol. The van der Waals surface area contributed by atoms with Gasteiger partial charge in [-0.15, -0.1) is 0 Å². The Morgan fingerprint density at radius 1 is 1.10 bits per heavy atom. The molecule has 1 aromatic heterocycles. The van der Waals surface area contributed by atoms with Crippen molar-refractivity contribution in [3.63, 3.8) is 0 Å². The van der Waals surface area contributed by atoms with Gasteiger partial charge in [0.1, 0.15) is 5.60 Å². The second kappa shape index (κ2) is 6.17. The molecular weight excluding hydrogens is 282 g/mol. The molecule has 0 radical (unpaired) electrons. The van der Waals surface area contributed by atoms with E-state index in [2.05, 4.69) is 4.98 Å². The van der Waals surface area contributed by atoms with Crippen molar-refractivity contribution in [1.29, 1.82) is 0 Å². The summed E-state index contributed by atoms with van der Waals surface area (Å²) in [6.07, 6.45) is 7.40. The monoisotopic (exact) mass is 301 g/mol. The number of pyridine rings is 1. The molecule has 0 amide bonds. The second-order valence-corrected chi connectivity index (χ2v) is 6.37. The Balaban J connectivity index is 1.99. The van der Waals surface area contributed by atoms with Gasteiger partial charge >= 0.3 is 0 Å². The highest BCUT2D eigenvalue weighted by Gasteiger charge is 2.36. The van der Waals surface area contributed by atoms with Gasteiger partial charge in [-0.05, 0) is 42.2 Å². The molecule has 3 rings (SSSR count). The Hall–Kier alpha value is -1.38. The average Bonchev–Trinajstić information content (AvgIpc) is 3.01. The molecule has 0 bridgehead atoms. The topological polar surface area (TPSA) is 33.1 Å². The predicted octanol–water partition coefficient (Wildman–Crippen LogP) is 4.55. The molecule has 1 atom stereocenters. The van der Waals surface area contributed by atoms with Gasteiger partial charge in [-0.1, -0.05) is 55.5 Å². The summed E-state index contributed by atoms with van der Waals surface area (Å²) in [6.45, 7) is 0. The first-order valence-corrected chi connectivity index (χ1v) is 7.96. The van der Waals surface area contributed by atoms with Gasteiger partial charge in [0.05, 0.1) is 5.69 Å². The van der Waals surface area contributed by atoms with E-state index in [0.717, 1.165) is 17.7 Å². The van der Waals surface area contributed by atoms with Crippen molar-refractivity contribution in [1.82, 2.24) is 4.98 Å². The molecule has 1 saturated carbocycles. The number of nitrogens with zero attached hydrogens (tertiary/aromatic N) is 1. The summed E-state index contributed by atoms with van der Waals surface area (Å²) in [5.74, 6) is 0.563. The fourth-order valence-corrected chi connectivity index (χ4v) is 3.46. The van der Waals surface area contributed by atoms with E-state index in [-0.39, 0.29) is 0 Å². The van der Waals surface area contributed by atoms with Crippen LogP contribution in [0.1, 0.15) is 43.4 Å². The second-order valence-electron chi connectivity index (χ2n) is 5.94. The Morgan fingerprint density at radius 3 is 2.43 bits per heavy atom. The smallest absolute Gasteiger partial charge is 0.132 e. The van der Waals surface area contributed by atoms with E-state index in [1.807, 2.05) is 42.5 Å². The quantitative estimate of drug-likeness (QED) is 0.898. The Labute approximate surface area is 130 Å². The summed E-state index contributed by atoms with van der Waals surface area (Å²) in [5.41, 5.74) is 0.567. The van der Waals surface area contributed by atoms with E-state index in [4.69, 9.17) is 11.6 Å². The molecule has 1 aliphatic carbocycles. The lowest BCUT2D eigenvalue weighted by Crippen LogP contribution is -2.30. The largest absolute Gasteiger partial charge is 0.379 e. The van der Waals surface area contributed by atoms with Crippen molar-refractivity contribution in [2.45, 2.75) is 37.7 Å². The van der Waals surface area contributed by atoms with Crippen LogP contribution in [0.4, 0.5) is 0 Å². The van der Waals surface area contributed by atoms with Gasteiger partial charge in [-0.25, -0.2) is 0 Å². The maximum Gasteiger partial charge on any atom is 0.132 e. The number of benzene rings is 1. The molecule has 1 aromatic carbocycles. The highest BCUT2D eigenvalue weighted by Crippen LogP contribution is 2.40. The van der Waals surface area contributed by atoms with Crippen LogP contribution in [0.25, 0.3) is 0 Å². The molecule has 1 heterocycles. The molecule has 1 fully saturated rings. The van der Waals surface area contributed by atoms with Crippen molar-refractivity contribution in [3.8, 4) is 0 Å². The molecule has 0 unspecified atom stereocenters. The third kappa shape index (κ3) is 3.12. The number of halogens is 1. The normalized spacial score (nSPS) is 18.6. The first-order valence-electron chi connectivity index (χ1n) is 7.58. The minimum absolute atomic E-state index is 0.563. The number of rotatable bonds is 4. The zero-order valence-electron chi connectivity index (χ0n) is 12.0. The summed E-state index contributed by atoms with van der Waals surface area (Å²) in [4.78, 5) is 4.41. The fraction of sp³-hybridized carbons (Fsp3) is 0.389. The van der Waals surface area contributed by atoms with E-state index < -0.39 is 5.60 Å². The van der Waals surface area contributed by atoms with Gasteiger partial charge in [0.15, 0.2) is 0 Å². The van der Waals surface area contributed by atoms with E-state index in [0.29, 0.717) is 10.9 Å². The molecule has 1 aliphatic rings. The van der Waals surface area contributed by atoms with Crippen molar-refractivity contribution >= 4 is 11.6 Å². The number of aromatic nitrogens is 1. The number of hydrogen-bond acceptors (Lipinski definition) is 2. The van der Waals surface area contributed by atoms with Crippen LogP contribution in [0.15, 0.2) is 48.7 Å². The van der Waals surface area contributed by atoms with Crippen LogP contribution in [0.2, 0.25) is 5.02 Å². The van der Waals surface area contributed by atoms with Crippen molar-refractivity contribution in [3.05, 3.63) is 64.9 Å². The van der Waals surface area contributed by atoms with Gasteiger partial charge in [0.25, 0.3) is 0 Å². The van der Waals surface area contributed by atoms with Crippen LogP contribution < -0.4 is 0 Å². The lowest BCUT2D eigenvalue weighted by Gasteiger charge is -2.31. The van der Waals surface area contributed by atoms with Crippen LogP contribution in [0, 0.1) is 5.92 Å². The minimum Gasteiger partial charge on any atom is -0.379 e. The minimum atomic E-state index is -1.03. The van der Waals surface area contributed by atoms with Crippen LogP contribution in [-0.2, 0) is 5.60 Å². The van der Waals surface area contributed by atoms with Gasteiger partial charge < -0.3 is 5.11 Å². The Kier molecular flexibility index (Phi) is 4.27. The summed E-state index contributed by atoms with van der Waals surface area (Å²) >= 11 is 5.98. The summed E-state index contributed by atoms with van der Waals surface area (Å²) in [7, 11) is 0. The molecule has 2 aromatic rings. The van der Waals surface area contributed by atoms with Crippen LogP contribution >= 0.6 is 11.6 Å². The van der Waals surface area contributed by atoms with Crippen LogP contribution in [-0.4, -0.2) is 10.1 Å². The number of hydrogen-bond donors (Lipinski definition) is 1. The number of aliphatic hydroxyl groups is 1. The molecule has 0 spiro atoms. The molecule has 2 nitrogen and oxygen atoms in total. The van der Waals surface area contributed by atoms with E-state index in [9.17, 15) is 5.11 Å². The zero-order chi connectivity index (χ0) is 14.7. The zero-order valence-corrected chi connectivity index (χ0v) is 12.8. The highest BCUT2D eigenvalue weighted by molar-refractivity contribution is 6.30. The lowest BCUT2D eigenvalue weighted by molar-refractivity contribution is 0.0488. The maximum atomic E-state index is 11.4. The van der Waals surface area contributed by atoms with E-state index >= 15 is 0 Å². The third-order valence-electron chi connectivity index (χ3n) is 4.47. The fourth-order valence-electron chi connectivity index (χ4n) is 3.34. The summed E-state index contributed by atoms with van der Waals surface area (Å²) < 4.78 is 0. The van der Waals surface area contributed by atoms with Crippen molar-refractivity contribution < 1.29 is 5.11 Å². The SMILES string of the molecule is O[C@@](CC1CCCC1)(c1ccc(Cl)cc1)c1ccccn1. The van der Waals surface area contributed by atoms with Crippen molar-refractivity contribution in [2.24, 2.45) is 5.92 Å². The van der Waals surface area contributed by atoms with E-state index in [1.165, 1.54) is 25.7 Å². The van der Waals surface area contributed by atoms with Gasteiger partial charge in [0.2, 0.25) is 0 Å². The molecule has 3 heteroatoms. The molecule has 0 aliphatic heterocycles. The van der Waals surface area contributed by atoms with Crippen molar-refractivity contribution in [2.75, 3.05) is 0 Å². The predicted molar refractivity (Wildman–Crippen MR) is 85.3 cm³/mol. The molecule has 21 heavy (non-hydrogen) atoms. The summed E-state index contributed by atoms with van der Waals surface area (Å²) in [6, 6.07) is 13.2. The van der Waals surface area contributed by atoms with Gasteiger partial charge in [-0.3, -0.25) is 4.98 Å². The van der Waals surface area contributed by atoms with Crippen LogP contribution in [0.5, 0.6) is 0 Å². The maximum absolute atomic E-state index is 11.4. The molecule has 110 valence electrons. The van der Waals surface area contributed by atoms with E-state index in [1.54, 1.807) is 6.20 Å². The molecular formula is C18H20ClNO. The van der Waals surface area contributed by atoms with Gasteiger partial charge in [0, 0.05) is 11.2 Å². The molecule has 1 N–H and O–H groups in total. The first kappa shape index (κ1) is 14.6. The van der Waals surface area contributed by atoms with Gasteiger partial charge in [-0.2, -0.15) is 0 Å². The third-order valence-corrected chi connectivity index (χ3v) is 4.72. The standard InChI is InChI=1S/C18H20ClNO/c19-16-10-8-15(9-11-16)18(21,13-14-5-1-2-6-14)17-7-3-4-12-20-17/h3-4,7-12,14,21H,1-2,5-6,13H2/t18-/m0/s1. The Bertz CT molecular complexity index is 578. The summed E-state index contributed by atoms with van der Waals surface area (Å²) in [5, 5.41) is 12.1. The Morgan fingerprint density at radius 2 is 1.81 bits per heavy atom. The molecule has 0 saturated heterocycles. The van der Waals surface area contributed by atoms with Crippen LogP contribution in [0.3, 0.4) is 0 Å². The first-order chi connectivity index (χ1) is 10.2.